The lowest BCUT2D eigenvalue weighted by Crippen LogP contribution is -2.36. The number of ether oxygens (including phenoxy) is 1. The van der Waals surface area contributed by atoms with Crippen LogP contribution in [0.1, 0.15) is 21.1 Å². The molecule has 1 aromatic carbocycles. The molecule has 0 spiro atoms. The molecule has 0 radical (unpaired) electrons. The minimum absolute atomic E-state index is 0.529. The number of hydrogen-bond acceptors (Lipinski definition) is 5. The van der Waals surface area contributed by atoms with Crippen molar-refractivity contribution in [2.45, 2.75) is 19.9 Å². The average molecular weight is 303 g/mol. The highest BCUT2D eigenvalue weighted by atomic mass is 32.1. The van der Waals surface area contributed by atoms with Gasteiger partial charge in [-0.25, -0.2) is 4.98 Å². The predicted molar refractivity (Wildman–Crippen MR) is 87.0 cm³/mol. The summed E-state index contributed by atoms with van der Waals surface area (Å²) in [7, 11) is 0. The number of anilines is 1. The Bertz CT molecular complexity index is 588. The Balaban J connectivity index is 1.70. The van der Waals surface area contributed by atoms with Gasteiger partial charge in [0.1, 0.15) is 5.01 Å². The highest BCUT2D eigenvalue weighted by Crippen LogP contribution is 2.23. The Kier molecular flexibility index (Phi) is 4.53. The average Bonchev–Trinajstić information content (AvgIpc) is 2.89. The summed E-state index contributed by atoms with van der Waals surface area (Å²) in [6.45, 7) is 6.20. The summed E-state index contributed by atoms with van der Waals surface area (Å²) in [5, 5.41) is 1.02. The number of morpholine rings is 1. The highest BCUT2D eigenvalue weighted by molar-refractivity contribution is 7.11. The smallest absolute Gasteiger partial charge is 0.107 e. The molecule has 1 fully saturated rings. The molecule has 4 nitrogen and oxygen atoms in total. The van der Waals surface area contributed by atoms with E-state index in [0.717, 1.165) is 43.4 Å². The topological polar surface area (TPSA) is 51.4 Å². The van der Waals surface area contributed by atoms with Gasteiger partial charge >= 0.3 is 0 Å². The van der Waals surface area contributed by atoms with Crippen molar-refractivity contribution in [2.75, 3.05) is 31.2 Å². The van der Waals surface area contributed by atoms with Gasteiger partial charge in [0.15, 0.2) is 0 Å². The summed E-state index contributed by atoms with van der Waals surface area (Å²) >= 11 is 1.72. The zero-order valence-corrected chi connectivity index (χ0v) is 13.2. The second-order valence-electron chi connectivity index (χ2n) is 5.26. The van der Waals surface area contributed by atoms with Gasteiger partial charge in [0.05, 0.1) is 18.9 Å². The zero-order valence-electron chi connectivity index (χ0n) is 12.3. The van der Waals surface area contributed by atoms with Gasteiger partial charge in [0.2, 0.25) is 0 Å². The standard InChI is InChI=1S/C16H21N3OS/c1-12-15(21-16(11-17)18-12)10-13-2-4-14(5-3-13)19-6-8-20-9-7-19/h2-5H,6-11,17H2,1H3. The molecule has 112 valence electrons. The van der Waals surface area contributed by atoms with E-state index in [4.69, 9.17) is 10.5 Å². The SMILES string of the molecule is Cc1nc(CN)sc1Cc1ccc(N2CCOCC2)cc1. The summed E-state index contributed by atoms with van der Waals surface area (Å²) in [6, 6.07) is 8.85. The Morgan fingerprint density at radius 2 is 1.95 bits per heavy atom. The lowest BCUT2D eigenvalue weighted by molar-refractivity contribution is 0.122. The highest BCUT2D eigenvalue weighted by Gasteiger charge is 2.11. The van der Waals surface area contributed by atoms with Crippen molar-refractivity contribution >= 4 is 17.0 Å². The van der Waals surface area contributed by atoms with E-state index >= 15 is 0 Å². The van der Waals surface area contributed by atoms with Crippen molar-refractivity contribution < 1.29 is 4.74 Å². The van der Waals surface area contributed by atoms with Crippen molar-refractivity contribution in [3.05, 3.63) is 45.4 Å². The molecule has 1 aliphatic heterocycles. The molecule has 21 heavy (non-hydrogen) atoms. The summed E-state index contributed by atoms with van der Waals surface area (Å²) < 4.78 is 5.39. The molecule has 0 bridgehead atoms. The van der Waals surface area contributed by atoms with Crippen LogP contribution in [-0.2, 0) is 17.7 Å². The first-order valence-electron chi connectivity index (χ1n) is 7.33. The van der Waals surface area contributed by atoms with E-state index in [1.54, 1.807) is 11.3 Å². The van der Waals surface area contributed by atoms with Crippen LogP contribution in [0.15, 0.2) is 24.3 Å². The Morgan fingerprint density at radius 3 is 2.57 bits per heavy atom. The number of hydrogen-bond donors (Lipinski definition) is 1. The third-order valence-corrected chi connectivity index (χ3v) is 4.97. The number of nitrogens with two attached hydrogens (primary N) is 1. The molecule has 0 saturated carbocycles. The summed E-state index contributed by atoms with van der Waals surface area (Å²) in [5.41, 5.74) is 9.37. The number of nitrogens with zero attached hydrogens (tertiary/aromatic N) is 2. The molecule has 3 rings (SSSR count). The molecule has 1 saturated heterocycles. The fraction of sp³-hybridized carbons (Fsp3) is 0.438. The second kappa shape index (κ2) is 6.56. The minimum Gasteiger partial charge on any atom is -0.378 e. The van der Waals surface area contributed by atoms with Crippen LogP contribution < -0.4 is 10.6 Å². The van der Waals surface area contributed by atoms with E-state index < -0.39 is 0 Å². The second-order valence-corrected chi connectivity index (χ2v) is 6.43. The van der Waals surface area contributed by atoms with Crippen LogP contribution in [0.25, 0.3) is 0 Å². The first-order valence-corrected chi connectivity index (χ1v) is 8.15. The van der Waals surface area contributed by atoms with Gasteiger partial charge < -0.3 is 15.4 Å². The molecule has 0 amide bonds. The van der Waals surface area contributed by atoms with Crippen molar-refractivity contribution in [3.63, 3.8) is 0 Å². The quantitative estimate of drug-likeness (QED) is 0.942. The molecule has 0 aliphatic carbocycles. The summed E-state index contributed by atoms with van der Waals surface area (Å²) in [4.78, 5) is 8.17. The van der Waals surface area contributed by atoms with Crippen molar-refractivity contribution in [1.82, 2.24) is 4.98 Å². The van der Waals surface area contributed by atoms with Gasteiger partial charge in [0.25, 0.3) is 0 Å². The van der Waals surface area contributed by atoms with Crippen LogP contribution >= 0.6 is 11.3 Å². The van der Waals surface area contributed by atoms with Gasteiger partial charge in [0, 0.05) is 36.6 Å². The molecule has 2 heterocycles. The third-order valence-electron chi connectivity index (χ3n) is 3.79. The number of aryl methyl sites for hydroxylation is 1. The monoisotopic (exact) mass is 303 g/mol. The molecule has 1 aromatic heterocycles. The molecule has 0 unspecified atom stereocenters. The van der Waals surface area contributed by atoms with E-state index in [1.165, 1.54) is 16.1 Å². The first-order chi connectivity index (χ1) is 10.3. The maximum Gasteiger partial charge on any atom is 0.107 e. The van der Waals surface area contributed by atoms with Crippen LogP contribution in [0.4, 0.5) is 5.69 Å². The van der Waals surface area contributed by atoms with Gasteiger partial charge in [-0.05, 0) is 24.6 Å². The fourth-order valence-electron chi connectivity index (χ4n) is 2.57. The van der Waals surface area contributed by atoms with E-state index in [0.29, 0.717) is 6.54 Å². The van der Waals surface area contributed by atoms with E-state index in [-0.39, 0.29) is 0 Å². The zero-order chi connectivity index (χ0) is 14.7. The Hall–Kier alpha value is -1.43. The van der Waals surface area contributed by atoms with E-state index in [1.807, 2.05) is 0 Å². The molecular weight excluding hydrogens is 282 g/mol. The number of rotatable bonds is 4. The molecule has 2 aromatic rings. The van der Waals surface area contributed by atoms with Gasteiger partial charge in [-0.2, -0.15) is 0 Å². The van der Waals surface area contributed by atoms with Gasteiger partial charge in [-0.1, -0.05) is 12.1 Å². The van der Waals surface area contributed by atoms with Crippen LogP contribution in [0, 0.1) is 6.92 Å². The van der Waals surface area contributed by atoms with E-state index in [9.17, 15) is 0 Å². The normalized spacial score (nSPS) is 15.4. The van der Waals surface area contributed by atoms with Crippen molar-refractivity contribution in [2.24, 2.45) is 5.73 Å². The fourth-order valence-corrected chi connectivity index (χ4v) is 3.55. The maximum absolute atomic E-state index is 5.66. The molecule has 1 aliphatic rings. The lowest BCUT2D eigenvalue weighted by Gasteiger charge is -2.28. The molecule has 0 atom stereocenters. The van der Waals surface area contributed by atoms with Crippen LogP contribution in [0.5, 0.6) is 0 Å². The Labute approximate surface area is 129 Å². The summed E-state index contributed by atoms with van der Waals surface area (Å²) in [6.07, 6.45) is 0.937. The number of benzene rings is 1. The van der Waals surface area contributed by atoms with Gasteiger partial charge in [-0.3, -0.25) is 0 Å². The largest absolute Gasteiger partial charge is 0.378 e. The lowest BCUT2D eigenvalue weighted by atomic mass is 10.1. The molecule has 2 N–H and O–H groups in total. The number of aromatic nitrogens is 1. The van der Waals surface area contributed by atoms with Crippen molar-refractivity contribution in [3.8, 4) is 0 Å². The number of thiazole rings is 1. The minimum atomic E-state index is 0.529. The van der Waals surface area contributed by atoms with Crippen LogP contribution in [0.2, 0.25) is 0 Å². The third kappa shape index (κ3) is 3.43. The first kappa shape index (κ1) is 14.5. The van der Waals surface area contributed by atoms with Crippen LogP contribution in [-0.4, -0.2) is 31.3 Å². The van der Waals surface area contributed by atoms with Gasteiger partial charge in [-0.15, -0.1) is 11.3 Å². The molecule has 5 heteroatoms. The summed E-state index contributed by atoms with van der Waals surface area (Å²) in [5.74, 6) is 0. The molecular formula is C16H21N3OS. The maximum atomic E-state index is 5.66. The van der Waals surface area contributed by atoms with E-state index in [2.05, 4.69) is 41.1 Å². The van der Waals surface area contributed by atoms with Crippen molar-refractivity contribution in [1.29, 1.82) is 0 Å². The van der Waals surface area contributed by atoms with Crippen LogP contribution in [0.3, 0.4) is 0 Å². The predicted octanol–water partition coefficient (Wildman–Crippen LogP) is 2.34. The Morgan fingerprint density at radius 1 is 1.24 bits per heavy atom.